The maximum atomic E-state index is 9.28. The van der Waals surface area contributed by atoms with Gasteiger partial charge in [0.25, 0.3) is 0 Å². The molecule has 0 aliphatic carbocycles. The summed E-state index contributed by atoms with van der Waals surface area (Å²) in [7, 11) is 0. The zero-order chi connectivity index (χ0) is 9.97. The Morgan fingerprint density at radius 2 is 2.29 bits per heavy atom. The molecule has 4 heteroatoms. The molecule has 0 saturated heterocycles. The second-order valence-corrected chi connectivity index (χ2v) is 3.00. The number of nitrogens with zero attached hydrogens (tertiary/aromatic N) is 2. The molecule has 4 nitrogen and oxygen atoms in total. The summed E-state index contributed by atoms with van der Waals surface area (Å²) in [6.07, 6.45) is 3.52. The van der Waals surface area contributed by atoms with Gasteiger partial charge in [-0.1, -0.05) is 6.07 Å². The second kappa shape index (κ2) is 3.51. The third kappa shape index (κ3) is 1.60. The summed E-state index contributed by atoms with van der Waals surface area (Å²) in [4.78, 5) is 4.10. The van der Waals surface area contributed by atoms with E-state index in [0.29, 0.717) is 6.54 Å². The molecular weight excluding hydrogens is 178 g/mol. The Labute approximate surface area is 81.6 Å². The van der Waals surface area contributed by atoms with E-state index in [4.69, 9.17) is 5.73 Å². The average molecular weight is 189 g/mol. The van der Waals surface area contributed by atoms with Crippen LogP contribution in [0.25, 0.3) is 5.69 Å². The predicted molar refractivity (Wildman–Crippen MR) is 53.1 cm³/mol. The molecule has 0 bridgehead atoms. The highest BCUT2D eigenvalue weighted by molar-refractivity contribution is 5.38. The highest BCUT2D eigenvalue weighted by atomic mass is 16.3. The Morgan fingerprint density at radius 3 is 2.93 bits per heavy atom. The minimum atomic E-state index is 0.241. The van der Waals surface area contributed by atoms with Gasteiger partial charge in [-0.3, -0.25) is 0 Å². The number of rotatable bonds is 2. The molecule has 1 heterocycles. The van der Waals surface area contributed by atoms with Crippen molar-refractivity contribution >= 4 is 0 Å². The highest BCUT2D eigenvalue weighted by Gasteiger charge is 1.99. The van der Waals surface area contributed by atoms with Crippen LogP contribution in [0.1, 0.15) is 5.69 Å². The van der Waals surface area contributed by atoms with E-state index in [9.17, 15) is 5.11 Å². The van der Waals surface area contributed by atoms with E-state index in [-0.39, 0.29) is 5.75 Å². The summed E-state index contributed by atoms with van der Waals surface area (Å²) in [6, 6.07) is 6.97. The molecule has 0 aliphatic heterocycles. The number of hydrogen-bond donors (Lipinski definition) is 2. The van der Waals surface area contributed by atoms with Gasteiger partial charge in [-0.25, -0.2) is 4.98 Å². The first kappa shape index (κ1) is 8.77. The quantitative estimate of drug-likeness (QED) is 0.741. The SMILES string of the molecule is NCc1cn(-c2cccc(O)c2)cn1. The Kier molecular flexibility index (Phi) is 2.20. The normalized spacial score (nSPS) is 10.4. The van der Waals surface area contributed by atoms with Crippen LogP contribution in [0.5, 0.6) is 5.75 Å². The summed E-state index contributed by atoms with van der Waals surface area (Å²) in [5, 5.41) is 9.28. The van der Waals surface area contributed by atoms with Crippen molar-refractivity contribution in [1.82, 2.24) is 9.55 Å². The van der Waals surface area contributed by atoms with E-state index in [1.807, 2.05) is 16.8 Å². The van der Waals surface area contributed by atoms with Crippen LogP contribution in [0, 0.1) is 0 Å². The number of aromatic nitrogens is 2. The molecule has 3 N–H and O–H groups in total. The first-order valence-corrected chi connectivity index (χ1v) is 4.32. The predicted octanol–water partition coefficient (Wildman–Crippen LogP) is 1.04. The first-order chi connectivity index (χ1) is 6.79. The molecule has 72 valence electrons. The van der Waals surface area contributed by atoms with Crippen molar-refractivity contribution in [2.75, 3.05) is 0 Å². The van der Waals surface area contributed by atoms with Crippen LogP contribution in [0.3, 0.4) is 0 Å². The van der Waals surface area contributed by atoms with Crippen LogP contribution in [-0.4, -0.2) is 14.7 Å². The van der Waals surface area contributed by atoms with Gasteiger partial charge in [-0.15, -0.1) is 0 Å². The van der Waals surface area contributed by atoms with Gasteiger partial charge in [-0.05, 0) is 12.1 Å². The molecule has 0 aliphatic rings. The number of hydrogen-bond acceptors (Lipinski definition) is 3. The molecule has 0 spiro atoms. The van der Waals surface area contributed by atoms with Crippen molar-refractivity contribution in [2.24, 2.45) is 5.73 Å². The molecule has 0 fully saturated rings. The molecule has 0 saturated carbocycles. The monoisotopic (exact) mass is 189 g/mol. The van der Waals surface area contributed by atoms with Gasteiger partial charge in [0.2, 0.25) is 0 Å². The number of aromatic hydroxyl groups is 1. The van der Waals surface area contributed by atoms with Crippen LogP contribution in [0.15, 0.2) is 36.8 Å². The summed E-state index contributed by atoms with van der Waals surface area (Å²) in [5.74, 6) is 0.241. The Morgan fingerprint density at radius 1 is 1.43 bits per heavy atom. The number of imidazole rings is 1. The van der Waals surface area contributed by atoms with Crippen LogP contribution in [-0.2, 0) is 6.54 Å². The molecule has 1 aromatic heterocycles. The number of phenols is 1. The maximum absolute atomic E-state index is 9.28. The van der Waals surface area contributed by atoms with E-state index in [1.54, 1.807) is 24.5 Å². The largest absolute Gasteiger partial charge is 0.508 e. The number of benzene rings is 1. The lowest BCUT2D eigenvalue weighted by atomic mass is 10.3. The van der Waals surface area contributed by atoms with E-state index in [0.717, 1.165) is 11.4 Å². The lowest BCUT2D eigenvalue weighted by Gasteiger charge is -2.01. The van der Waals surface area contributed by atoms with E-state index in [2.05, 4.69) is 4.98 Å². The first-order valence-electron chi connectivity index (χ1n) is 4.32. The smallest absolute Gasteiger partial charge is 0.117 e. The molecule has 0 amide bonds. The van der Waals surface area contributed by atoms with Crippen LogP contribution in [0.2, 0.25) is 0 Å². The Balaban J connectivity index is 2.39. The molecule has 14 heavy (non-hydrogen) atoms. The zero-order valence-corrected chi connectivity index (χ0v) is 7.59. The standard InChI is InChI=1S/C10H11N3O/c11-5-8-6-13(7-12-8)9-2-1-3-10(14)4-9/h1-4,6-7,14H,5,11H2. The molecule has 0 unspecified atom stereocenters. The van der Waals surface area contributed by atoms with Crippen molar-refractivity contribution in [1.29, 1.82) is 0 Å². The van der Waals surface area contributed by atoms with Crippen molar-refractivity contribution < 1.29 is 5.11 Å². The van der Waals surface area contributed by atoms with Gasteiger partial charge in [-0.2, -0.15) is 0 Å². The van der Waals surface area contributed by atoms with Crippen LogP contribution >= 0.6 is 0 Å². The fraction of sp³-hybridized carbons (Fsp3) is 0.100. The third-order valence-electron chi connectivity index (χ3n) is 1.97. The fourth-order valence-corrected chi connectivity index (χ4v) is 1.26. The lowest BCUT2D eigenvalue weighted by molar-refractivity contribution is 0.475. The Bertz CT molecular complexity index is 436. The van der Waals surface area contributed by atoms with Crippen LogP contribution in [0.4, 0.5) is 0 Å². The third-order valence-corrected chi connectivity index (χ3v) is 1.97. The van der Waals surface area contributed by atoms with E-state index < -0.39 is 0 Å². The summed E-state index contributed by atoms with van der Waals surface area (Å²) < 4.78 is 1.82. The molecule has 2 aromatic rings. The van der Waals surface area contributed by atoms with Gasteiger partial charge in [0, 0.05) is 18.8 Å². The van der Waals surface area contributed by atoms with Crippen molar-refractivity contribution in [3.05, 3.63) is 42.5 Å². The molecule has 2 rings (SSSR count). The summed E-state index contributed by atoms with van der Waals surface area (Å²) in [6.45, 7) is 0.422. The van der Waals surface area contributed by atoms with Gasteiger partial charge in [0.05, 0.1) is 17.7 Å². The van der Waals surface area contributed by atoms with Gasteiger partial charge in [0.15, 0.2) is 0 Å². The van der Waals surface area contributed by atoms with E-state index >= 15 is 0 Å². The molecule has 1 aromatic carbocycles. The summed E-state index contributed by atoms with van der Waals surface area (Å²) >= 11 is 0. The van der Waals surface area contributed by atoms with Crippen molar-refractivity contribution in [2.45, 2.75) is 6.54 Å². The number of nitrogens with two attached hydrogens (primary N) is 1. The van der Waals surface area contributed by atoms with Gasteiger partial charge >= 0.3 is 0 Å². The molecule has 0 atom stereocenters. The zero-order valence-electron chi connectivity index (χ0n) is 7.59. The van der Waals surface area contributed by atoms with Gasteiger partial charge in [0.1, 0.15) is 5.75 Å². The minimum absolute atomic E-state index is 0.241. The molecule has 0 radical (unpaired) electrons. The van der Waals surface area contributed by atoms with Crippen LogP contribution < -0.4 is 5.73 Å². The van der Waals surface area contributed by atoms with E-state index in [1.165, 1.54) is 0 Å². The average Bonchev–Trinajstić information content (AvgIpc) is 2.66. The second-order valence-electron chi connectivity index (χ2n) is 3.00. The van der Waals surface area contributed by atoms with Gasteiger partial charge < -0.3 is 15.4 Å². The lowest BCUT2D eigenvalue weighted by Crippen LogP contribution is -1.95. The minimum Gasteiger partial charge on any atom is -0.508 e. The molecular formula is C10H11N3O. The topological polar surface area (TPSA) is 64.1 Å². The maximum Gasteiger partial charge on any atom is 0.117 e. The number of phenolic OH excluding ortho intramolecular Hbond substituents is 1. The highest BCUT2D eigenvalue weighted by Crippen LogP contribution is 2.15. The fourth-order valence-electron chi connectivity index (χ4n) is 1.26. The van der Waals surface area contributed by atoms with Crippen molar-refractivity contribution in [3.63, 3.8) is 0 Å². The Hall–Kier alpha value is -1.81. The summed E-state index contributed by atoms with van der Waals surface area (Å²) in [5.41, 5.74) is 7.15. The van der Waals surface area contributed by atoms with Crippen molar-refractivity contribution in [3.8, 4) is 11.4 Å².